The van der Waals surface area contributed by atoms with Crippen molar-refractivity contribution in [1.29, 1.82) is 0 Å². The fraction of sp³-hybridized carbons (Fsp3) is 0.571. The number of halogens is 1. The van der Waals surface area contributed by atoms with Gasteiger partial charge >= 0.3 is 0 Å². The lowest BCUT2D eigenvalue weighted by Crippen LogP contribution is -2.40. The number of benzene rings is 1. The first-order chi connectivity index (χ1) is 8.20. The molecule has 1 aromatic rings. The van der Waals surface area contributed by atoms with Crippen molar-refractivity contribution in [3.05, 3.63) is 34.9 Å². The number of ether oxygens (including phenoxy) is 1. The highest BCUT2D eigenvalue weighted by Gasteiger charge is 2.35. The zero-order valence-corrected chi connectivity index (χ0v) is 11.0. The van der Waals surface area contributed by atoms with Gasteiger partial charge in [0.1, 0.15) is 0 Å². The van der Waals surface area contributed by atoms with Gasteiger partial charge in [0.25, 0.3) is 0 Å². The van der Waals surface area contributed by atoms with E-state index >= 15 is 0 Å². The number of nitrogens with two attached hydrogens (primary N) is 1. The SMILES string of the molecule is COC1CCC(CN)(c2cccc(Cl)c2)CC1. The van der Waals surface area contributed by atoms with Crippen LogP contribution < -0.4 is 5.73 Å². The molecule has 0 spiro atoms. The van der Waals surface area contributed by atoms with E-state index in [0.717, 1.165) is 30.7 Å². The summed E-state index contributed by atoms with van der Waals surface area (Å²) in [6, 6.07) is 8.13. The summed E-state index contributed by atoms with van der Waals surface area (Å²) in [5.41, 5.74) is 7.40. The van der Waals surface area contributed by atoms with Gasteiger partial charge in [-0.25, -0.2) is 0 Å². The van der Waals surface area contributed by atoms with E-state index in [-0.39, 0.29) is 5.41 Å². The van der Waals surface area contributed by atoms with Crippen molar-refractivity contribution in [2.45, 2.75) is 37.2 Å². The monoisotopic (exact) mass is 253 g/mol. The van der Waals surface area contributed by atoms with Crippen LogP contribution in [0.2, 0.25) is 5.02 Å². The van der Waals surface area contributed by atoms with Gasteiger partial charge in [-0.15, -0.1) is 0 Å². The molecule has 1 saturated carbocycles. The van der Waals surface area contributed by atoms with Gasteiger partial charge in [-0.1, -0.05) is 23.7 Å². The first-order valence-corrected chi connectivity index (χ1v) is 6.57. The third-order valence-corrected chi connectivity index (χ3v) is 4.29. The number of hydrogen-bond acceptors (Lipinski definition) is 2. The van der Waals surface area contributed by atoms with Crippen LogP contribution in [0.1, 0.15) is 31.2 Å². The molecule has 0 aliphatic heterocycles. The Bertz CT molecular complexity index is 372. The van der Waals surface area contributed by atoms with Crippen molar-refractivity contribution in [1.82, 2.24) is 0 Å². The van der Waals surface area contributed by atoms with Gasteiger partial charge in [0, 0.05) is 24.1 Å². The molecule has 0 amide bonds. The molecular weight excluding hydrogens is 234 g/mol. The molecule has 17 heavy (non-hydrogen) atoms. The second-order valence-corrected chi connectivity index (χ2v) is 5.37. The van der Waals surface area contributed by atoms with Crippen LogP contribution in [0.15, 0.2) is 24.3 Å². The Morgan fingerprint density at radius 2 is 2.12 bits per heavy atom. The maximum absolute atomic E-state index is 6.07. The minimum Gasteiger partial charge on any atom is -0.381 e. The minimum absolute atomic E-state index is 0.0972. The second-order valence-electron chi connectivity index (χ2n) is 4.93. The summed E-state index contributed by atoms with van der Waals surface area (Å²) in [5, 5.41) is 0.796. The van der Waals surface area contributed by atoms with Crippen LogP contribution >= 0.6 is 11.6 Å². The highest BCUT2D eigenvalue weighted by atomic mass is 35.5. The van der Waals surface area contributed by atoms with Gasteiger partial charge in [0.2, 0.25) is 0 Å². The molecule has 1 fully saturated rings. The first-order valence-electron chi connectivity index (χ1n) is 6.19. The van der Waals surface area contributed by atoms with E-state index in [0.29, 0.717) is 12.6 Å². The zero-order valence-electron chi connectivity index (χ0n) is 10.3. The number of methoxy groups -OCH3 is 1. The van der Waals surface area contributed by atoms with Crippen LogP contribution in [0.3, 0.4) is 0 Å². The van der Waals surface area contributed by atoms with Crippen LogP contribution in [0.25, 0.3) is 0 Å². The molecule has 94 valence electrons. The Morgan fingerprint density at radius 1 is 1.41 bits per heavy atom. The molecule has 2 rings (SSSR count). The van der Waals surface area contributed by atoms with Crippen LogP contribution in [0.4, 0.5) is 0 Å². The van der Waals surface area contributed by atoms with E-state index in [2.05, 4.69) is 12.1 Å². The van der Waals surface area contributed by atoms with E-state index in [4.69, 9.17) is 22.1 Å². The maximum Gasteiger partial charge on any atom is 0.0572 e. The van der Waals surface area contributed by atoms with Crippen LogP contribution in [0.5, 0.6) is 0 Å². The maximum atomic E-state index is 6.07. The van der Waals surface area contributed by atoms with E-state index in [1.165, 1.54) is 5.56 Å². The molecule has 1 aliphatic carbocycles. The first kappa shape index (κ1) is 12.9. The molecule has 0 saturated heterocycles. The topological polar surface area (TPSA) is 35.2 Å². The summed E-state index contributed by atoms with van der Waals surface area (Å²) >= 11 is 6.07. The Morgan fingerprint density at radius 3 is 2.65 bits per heavy atom. The van der Waals surface area contributed by atoms with Crippen molar-refractivity contribution in [2.24, 2.45) is 5.73 Å². The molecule has 0 aromatic heterocycles. The van der Waals surface area contributed by atoms with Crippen molar-refractivity contribution in [3.63, 3.8) is 0 Å². The number of rotatable bonds is 3. The lowest BCUT2D eigenvalue weighted by molar-refractivity contribution is 0.0498. The molecule has 1 aliphatic rings. The lowest BCUT2D eigenvalue weighted by atomic mass is 9.69. The van der Waals surface area contributed by atoms with Crippen LogP contribution in [-0.2, 0) is 10.2 Å². The van der Waals surface area contributed by atoms with Crippen molar-refractivity contribution < 1.29 is 4.74 Å². The molecule has 0 atom stereocenters. The lowest BCUT2D eigenvalue weighted by Gasteiger charge is -2.39. The van der Waals surface area contributed by atoms with E-state index in [1.54, 1.807) is 7.11 Å². The van der Waals surface area contributed by atoms with Gasteiger partial charge in [-0.2, -0.15) is 0 Å². The average molecular weight is 254 g/mol. The van der Waals surface area contributed by atoms with Crippen molar-refractivity contribution in [3.8, 4) is 0 Å². The number of hydrogen-bond donors (Lipinski definition) is 1. The predicted octanol–water partition coefficient (Wildman–Crippen LogP) is 3.13. The third kappa shape index (κ3) is 2.65. The predicted molar refractivity (Wildman–Crippen MR) is 71.4 cm³/mol. The van der Waals surface area contributed by atoms with E-state index < -0.39 is 0 Å². The molecule has 0 heterocycles. The van der Waals surface area contributed by atoms with Crippen molar-refractivity contribution in [2.75, 3.05) is 13.7 Å². The van der Waals surface area contributed by atoms with Gasteiger partial charge < -0.3 is 10.5 Å². The molecule has 1 aromatic carbocycles. The van der Waals surface area contributed by atoms with Crippen LogP contribution in [-0.4, -0.2) is 19.8 Å². The quantitative estimate of drug-likeness (QED) is 0.898. The fourth-order valence-corrected chi connectivity index (χ4v) is 3.00. The molecular formula is C14H20ClNO. The average Bonchev–Trinajstić information content (AvgIpc) is 2.39. The largest absolute Gasteiger partial charge is 0.381 e. The van der Waals surface area contributed by atoms with Gasteiger partial charge in [0.05, 0.1) is 6.10 Å². The molecule has 0 unspecified atom stereocenters. The third-order valence-electron chi connectivity index (χ3n) is 4.05. The zero-order chi connectivity index (χ0) is 12.3. The second kappa shape index (κ2) is 5.38. The Kier molecular flexibility index (Phi) is 4.08. The Labute approximate surface area is 108 Å². The van der Waals surface area contributed by atoms with Crippen LogP contribution in [0, 0.1) is 0 Å². The smallest absolute Gasteiger partial charge is 0.0572 e. The van der Waals surface area contributed by atoms with Gasteiger partial charge in [-0.05, 0) is 43.4 Å². The fourth-order valence-electron chi connectivity index (χ4n) is 2.81. The normalized spacial score (nSPS) is 29.2. The highest BCUT2D eigenvalue weighted by molar-refractivity contribution is 6.30. The van der Waals surface area contributed by atoms with Gasteiger partial charge in [0.15, 0.2) is 0 Å². The summed E-state index contributed by atoms with van der Waals surface area (Å²) in [6.07, 6.45) is 4.74. The molecule has 0 radical (unpaired) electrons. The summed E-state index contributed by atoms with van der Waals surface area (Å²) < 4.78 is 5.42. The standard InChI is InChI=1S/C14H20ClNO/c1-17-13-5-7-14(10-16,8-6-13)11-3-2-4-12(15)9-11/h2-4,9,13H,5-8,10,16H2,1H3. The van der Waals surface area contributed by atoms with E-state index in [1.807, 2.05) is 12.1 Å². The molecule has 3 heteroatoms. The molecule has 2 nitrogen and oxygen atoms in total. The summed E-state index contributed by atoms with van der Waals surface area (Å²) in [6.45, 7) is 0.684. The Balaban J connectivity index is 2.21. The molecule has 2 N–H and O–H groups in total. The van der Waals surface area contributed by atoms with Crippen molar-refractivity contribution >= 4 is 11.6 Å². The Hall–Kier alpha value is -0.570. The summed E-state index contributed by atoms with van der Waals surface area (Å²) in [7, 11) is 1.79. The summed E-state index contributed by atoms with van der Waals surface area (Å²) in [5.74, 6) is 0. The summed E-state index contributed by atoms with van der Waals surface area (Å²) in [4.78, 5) is 0. The van der Waals surface area contributed by atoms with Gasteiger partial charge in [-0.3, -0.25) is 0 Å². The highest BCUT2D eigenvalue weighted by Crippen LogP contribution is 2.40. The van der Waals surface area contributed by atoms with E-state index in [9.17, 15) is 0 Å². The minimum atomic E-state index is 0.0972. The molecule has 0 bridgehead atoms.